The minimum Gasteiger partial charge on any atom is -0.501 e. The molecule has 4 aromatic rings. The summed E-state index contributed by atoms with van der Waals surface area (Å²) in [6.07, 6.45) is 5.85. The average Bonchev–Trinajstić information content (AvgIpc) is 3.75. The van der Waals surface area contributed by atoms with Gasteiger partial charge in [0.2, 0.25) is 5.69 Å². The minimum absolute atomic E-state index is 0.0531. The van der Waals surface area contributed by atoms with E-state index in [1.54, 1.807) is 13.1 Å². The van der Waals surface area contributed by atoms with Crippen LogP contribution in [-0.4, -0.2) is 60.4 Å². The maximum absolute atomic E-state index is 12.7. The van der Waals surface area contributed by atoms with Crippen molar-refractivity contribution in [1.82, 2.24) is 9.88 Å². The van der Waals surface area contributed by atoms with Gasteiger partial charge in [0.15, 0.2) is 5.58 Å². The van der Waals surface area contributed by atoms with Crippen molar-refractivity contribution in [3.63, 3.8) is 0 Å². The van der Waals surface area contributed by atoms with E-state index in [2.05, 4.69) is 4.85 Å². The van der Waals surface area contributed by atoms with Gasteiger partial charge in [0.05, 0.1) is 26.4 Å². The Morgan fingerprint density at radius 1 is 1.15 bits per heavy atom. The number of ether oxygens (including phenoxy) is 2. The Hall–Kier alpha value is -4.19. The summed E-state index contributed by atoms with van der Waals surface area (Å²) >= 11 is 0. The highest BCUT2D eigenvalue weighted by atomic mass is 16.5. The van der Waals surface area contributed by atoms with Crippen LogP contribution in [0.15, 0.2) is 53.1 Å². The van der Waals surface area contributed by atoms with Gasteiger partial charge in [-0.15, -0.1) is 0 Å². The van der Waals surface area contributed by atoms with Crippen molar-refractivity contribution in [3.05, 3.63) is 76.8 Å². The number of aromatic nitrogens is 1. The summed E-state index contributed by atoms with van der Waals surface area (Å²) in [5, 5.41) is 9.18. The minimum atomic E-state index is -0.142. The number of carbonyl (C=O) groups excluding carboxylic acids is 1. The van der Waals surface area contributed by atoms with Gasteiger partial charge in [-0.25, -0.2) is 4.85 Å². The fraction of sp³-hybridized carbons (Fsp3) is 0.364. The number of nitrogens with zero attached hydrogens (tertiary/aromatic N) is 3. The third-order valence-corrected chi connectivity index (χ3v) is 7.94. The first-order valence-electron chi connectivity index (χ1n) is 14.1. The van der Waals surface area contributed by atoms with E-state index < -0.39 is 0 Å². The molecule has 1 saturated heterocycles. The molecule has 1 N–H and O–H groups in total. The van der Waals surface area contributed by atoms with Crippen molar-refractivity contribution in [2.75, 3.05) is 33.4 Å². The molecule has 2 aromatic carbocycles. The molecule has 1 saturated carbocycles. The highest BCUT2D eigenvalue weighted by Gasteiger charge is 2.30. The largest absolute Gasteiger partial charge is 0.501 e. The Morgan fingerprint density at radius 2 is 1.95 bits per heavy atom. The van der Waals surface area contributed by atoms with E-state index in [9.17, 15) is 9.90 Å². The Kier molecular flexibility index (Phi) is 7.48. The van der Waals surface area contributed by atoms with Gasteiger partial charge in [0.25, 0.3) is 5.91 Å². The van der Waals surface area contributed by atoms with Crippen LogP contribution in [0.4, 0.5) is 5.69 Å². The van der Waals surface area contributed by atoms with Crippen molar-refractivity contribution in [3.8, 4) is 28.2 Å². The third kappa shape index (κ3) is 5.43. The zero-order valence-electron chi connectivity index (χ0n) is 23.4. The second kappa shape index (κ2) is 11.4. The molecule has 210 valence electrons. The van der Waals surface area contributed by atoms with Crippen LogP contribution in [0.5, 0.6) is 5.75 Å². The van der Waals surface area contributed by atoms with Gasteiger partial charge in [-0.1, -0.05) is 12.1 Å². The van der Waals surface area contributed by atoms with Gasteiger partial charge in [0.1, 0.15) is 23.1 Å². The van der Waals surface area contributed by atoms with Gasteiger partial charge in [0, 0.05) is 55.4 Å². The van der Waals surface area contributed by atoms with Crippen LogP contribution in [0.25, 0.3) is 38.4 Å². The van der Waals surface area contributed by atoms with Gasteiger partial charge < -0.3 is 23.9 Å². The second-order valence-corrected chi connectivity index (χ2v) is 10.9. The smallest absolute Gasteiger partial charge is 0.253 e. The molecule has 0 atom stereocenters. The lowest BCUT2D eigenvalue weighted by atomic mass is 9.97. The molecule has 1 amide bonds. The van der Waals surface area contributed by atoms with E-state index in [1.807, 2.05) is 49.5 Å². The Balaban J connectivity index is 1.38. The number of aliphatic hydroxyl groups excluding tert-OH is 1. The van der Waals surface area contributed by atoms with E-state index in [0.29, 0.717) is 47.5 Å². The predicted molar refractivity (Wildman–Crippen MR) is 156 cm³/mol. The number of hydrogen-bond donors (Lipinski definition) is 1. The van der Waals surface area contributed by atoms with E-state index in [1.165, 1.54) is 4.90 Å². The Bertz CT molecular complexity index is 1640. The summed E-state index contributed by atoms with van der Waals surface area (Å²) in [5.41, 5.74) is 7.28. The van der Waals surface area contributed by atoms with Crippen molar-refractivity contribution in [1.29, 1.82) is 0 Å². The van der Waals surface area contributed by atoms with Crippen LogP contribution in [0.1, 0.15) is 53.1 Å². The lowest BCUT2D eigenvalue weighted by molar-refractivity contribution is 0.0259. The molecule has 0 unspecified atom stereocenters. The predicted octanol–water partition coefficient (Wildman–Crippen LogP) is 6.52. The molecule has 41 heavy (non-hydrogen) atoms. The monoisotopic (exact) mass is 551 g/mol. The second-order valence-electron chi connectivity index (χ2n) is 10.9. The highest BCUT2D eigenvalue weighted by Crippen LogP contribution is 2.48. The van der Waals surface area contributed by atoms with Crippen LogP contribution in [0, 0.1) is 13.5 Å². The molecule has 8 heteroatoms. The van der Waals surface area contributed by atoms with Crippen LogP contribution < -0.4 is 4.74 Å². The summed E-state index contributed by atoms with van der Waals surface area (Å²) in [7, 11) is 1.68. The fourth-order valence-electron chi connectivity index (χ4n) is 5.50. The number of amides is 1. The van der Waals surface area contributed by atoms with Crippen LogP contribution in [0.2, 0.25) is 0 Å². The maximum Gasteiger partial charge on any atom is 0.253 e. The number of pyridine rings is 1. The third-order valence-electron chi connectivity index (χ3n) is 7.94. The first-order chi connectivity index (χ1) is 20.0. The molecule has 0 spiro atoms. The van der Waals surface area contributed by atoms with Gasteiger partial charge in [-0.05, 0) is 66.6 Å². The van der Waals surface area contributed by atoms with Crippen LogP contribution in [0.3, 0.4) is 0 Å². The molecular formula is C33H33N3O5. The van der Waals surface area contributed by atoms with E-state index >= 15 is 0 Å². The van der Waals surface area contributed by atoms with Crippen molar-refractivity contribution in [2.45, 2.75) is 44.6 Å². The Morgan fingerprint density at radius 3 is 2.66 bits per heavy atom. The first-order valence-corrected chi connectivity index (χ1v) is 14.1. The molecule has 2 fully saturated rings. The van der Waals surface area contributed by atoms with Crippen LogP contribution in [-0.2, 0) is 4.74 Å². The van der Waals surface area contributed by atoms with Crippen molar-refractivity contribution >= 4 is 22.7 Å². The molecule has 6 rings (SSSR count). The number of carbonyl (C=O) groups is 1. The van der Waals surface area contributed by atoms with E-state index in [0.717, 1.165) is 59.0 Å². The molecule has 3 heterocycles. The number of furan rings is 1. The summed E-state index contributed by atoms with van der Waals surface area (Å²) in [6.45, 7) is 11.4. The summed E-state index contributed by atoms with van der Waals surface area (Å²) < 4.78 is 18.2. The summed E-state index contributed by atoms with van der Waals surface area (Å²) in [5.74, 6) is 1.56. The zero-order chi connectivity index (χ0) is 28.5. The molecule has 2 aliphatic rings. The standard InChI is InChI=1S/C33H33N3O5/c1-20-16-23(33(38)36(3)12-13-37)6-8-25(20)30-18-28-32(41-30)31(26(19-35-28)21-4-5-21)22-7-9-29(27(17-22)34-2)40-24-10-14-39-15-11-24/h6-9,16-19,21,24,37H,4-5,10-15H2,1,3H3. The number of benzene rings is 2. The SMILES string of the molecule is [C-]#[N+]c1cc(-c2c(C3CC3)cnc3cc(-c4ccc(C(=O)N(C)CCO)cc4C)oc23)ccc1OC1CCOCC1. The van der Waals surface area contributed by atoms with Gasteiger partial charge in [-0.2, -0.15) is 0 Å². The zero-order valence-corrected chi connectivity index (χ0v) is 23.4. The molecule has 1 aliphatic heterocycles. The highest BCUT2D eigenvalue weighted by molar-refractivity contribution is 5.97. The summed E-state index contributed by atoms with van der Waals surface area (Å²) in [4.78, 5) is 22.8. The lowest BCUT2D eigenvalue weighted by Gasteiger charge is -2.24. The fourth-order valence-corrected chi connectivity index (χ4v) is 5.50. The molecule has 1 aliphatic carbocycles. The number of hydrogen-bond acceptors (Lipinski definition) is 6. The van der Waals surface area contributed by atoms with Gasteiger partial charge >= 0.3 is 0 Å². The first kappa shape index (κ1) is 27.0. The Labute approximate surface area is 239 Å². The molecular weight excluding hydrogens is 518 g/mol. The normalized spacial score (nSPS) is 15.6. The molecule has 0 bridgehead atoms. The number of fused-ring (bicyclic) bond motifs is 1. The quantitative estimate of drug-likeness (QED) is 0.251. The number of likely N-dealkylation sites (N-methyl/N-ethyl adjacent to an activating group) is 1. The van der Waals surface area contributed by atoms with Crippen molar-refractivity contribution < 1.29 is 23.8 Å². The number of aryl methyl sites for hydroxylation is 1. The van der Waals surface area contributed by atoms with E-state index in [-0.39, 0.29) is 25.2 Å². The van der Waals surface area contributed by atoms with E-state index in [4.69, 9.17) is 25.4 Å². The maximum atomic E-state index is 12.7. The molecule has 0 radical (unpaired) electrons. The summed E-state index contributed by atoms with van der Waals surface area (Å²) in [6, 6.07) is 13.3. The topological polar surface area (TPSA) is 89.4 Å². The average molecular weight is 552 g/mol. The molecule has 8 nitrogen and oxygen atoms in total. The number of rotatable bonds is 8. The lowest BCUT2D eigenvalue weighted by Crippen LogP contribution is -2.29. The van der Waals surface area contributed by atoms with Gasteiger partial charge in [-0.3, -0.25) is 9.78 Å². The molecule has 2 aromatic heterocycles. The van der Waals surface area contributed by atoms with Crippen LogP contribution >= 0.6 is 0 Å². The number of aliphatic hydroxyl groups is 1. The van der Waals surface area contributed by atoms with Crippen molar-refractivity contribution in [2.24, 2.45) is 0 Å².